The predicted octanol–water partition coefficient (Wildman–Crippen LogP) is 0.989. The van der Waals surface area contributed by atoms with Crippen LogP contribution in [-0.2, 0) is 7.05 Å². The Kier molecular flexibility index (Phi) is 4.28. The highest BCUT2D eigenvalue weighted by molar-refractivity contribution is 5.31. The first-order valence-corrected chi connectivity index (χ1v) is 5.80. The second-order valence-electron chi connectivity index (χ2n) is 5.14. The molecule has 2 N–H and O–H groups in total. The summed E-state index contributed by atoms with van der Waals surface area (Å²) in [5, 5.41) is 13.0. The van der Waals surface area contributed by atoms with Crippen LogP contribution in [0, 0.1) is 5.92 Å². The highest BCUT2D eigenvalue weighted by atomic mass is 16.3. The Morgan fingerprint density at radius 2 is 2.24 bits per heavy atom. The summed E-state index contributed by atoms with van der Waals surface area (Å²) < 4.78 is 1.45. The zero-order chi connectivity index (χ0) is 13.1. The predicted molar refractivity (Wildman–Crippen MR) is 68.0 cm³/mol. The van der Waals surface area contributed by atoms with Crippen molar-refractivity contribution in [2.75, 3.05) is 11.9 Å². The number of nitrogens with zero attached hydrogens (tertiary/aromatic N) is 2. The van der Waals surface area contributed by atoms with Gasteiger partial charge in [-0.25, -0.2) is 4.98 Å². The van der Waals surface area contributed by atoms with Crippen LogP contribution in [-0.4, -0.2) is 26.8 Å². The molecule has 0 saturated heterocycles. The Balaban J connectivity index is 2.67. The lowest BCUT2D eigenvalue weighted by Crippen LogP contribution is -2.36. The molecule has 1 rings (SSSR count). The number of hydrogen-bond donors (Lipinski definition) is 2. The monoisotopic (exact) mass is 239 g/mol. The Morgan fingerprint density at radius 1 is 1.59 bits per heavy atom. The van der Waals surface area contributed by atoms with E-state index < -0.39 is 5.60 Å². The van der Waals surface area contributed by atoms with Crippen LogP contribution in [0.15, 0.2) is 17.2 Å². The second kappa shape index (κ2) is 5.31. The van der Waals surface area contributed by atoms with Crippen LogP contribution >= 0.6 is 0 Å². The van der Waals surface area contributed by atoms with Crippen LogP contribution in [0.4, 0.5) is 5.82 Å². The van der Waals surface area contributed by atoms with Gasteiger partial charge in [0.2, 0.25) is 0 Å². The number of aliphatic hydroxyl groups is 1. The van der Waals surface area contributed by atoms with Gasteiger partial charge in [-0.3, -0.25) is 4.79 Å². The zero-order valence-corrected chi connectivity index (χ0v) is 10.9. The van der Waals surface area contributed by atoms with E-state index >= 15 is 0 Å². The molecular weight excluding hydrogens is 218 g/mol. The molecule has 0 radical (unpaired) electrons. The molecule has 5 nitrogen and oxygen atoms in total. The topological polar surface area (TPSA) is 67.2 Å². The zero-order valence-electron chi connectivity index (χ0n) is 10.9. The molecule has 1 atom stereocenters. The largest absolute Gasteiger partial charge is 0.388 e. The average Bonchev–Trinajstić information content (AvgIpc) is 2.18. The van der Waals surface area contributed by atoms with E-state index in [1.807, 2.05) is 13.8 Å². The number of rotatable bonds is 5. The van der Waals surface area contributed by atoms with Crippen molar-refractivity contribution in [2.45, 2.75) is 32.8 Å². The highest BCUT2D eigenvalue weighted by Gasteiger charge is 2.22. The van der Waals surface area contributed by atoms with Crippen LogP contribution in [0.3, 0.4) is 0 Å². The van der Waals surface area contributed by atoms with Crippen molar-refractivity contribution >= 4 is 5.82 Å². The maximum Gasteiger partial charge on any atom is 0.293 e. The minimum absolute atomic E-state index is 0.187. The van der Waals surface area contributed by atoms with E-state index in [9.17, 15) is 9.90 Å². The lowest BCUT2D eigenvalue weighted by molar-refractivity contribution is 0.0514. The average molecular weight is 239 g/mol. The van der Waals surface area contributed by atoms with Crippen molar-refractivity contribution in [2.24, 2.45) is 13.0 Å². The number of hydrogen-bond acceptors (Lipinski definition) is 4. The van der Waals surface area contributed by atoms with Crippen molar-refractivity contribution in [3.8, 4) is 0 Å². The van der Waals surface area contributed by atoms with Crippen LogP contribution < -0.4 is 10.9 Å². The van der Waals surface area contributed by atoms with E-state index in [1.54, 1.807) is 26.4 Å². The van der Waals surface area contributed by atoms with E-state index in [0.717, 1.165) is 0 Å². The summed E-state index contributed by atoms with van der Waals surface area (Å²) in [6.07, 6.45) is 3.83. The van der Waals surface area contributed by atoms with Crippen LogP contribution in [0.2, 0.25) is 0 Å². The van der Waals surface area contributed by atoms with Gasteiger partial charge in [-0.05, 0) is 19.3 Å². The smallest absolute Gasteiger partial charge is 0.293 e. The minimum Gasteiger partial charge on any atom is -0.388 e. The molecule has 1 unspecified atom stereocenters. The molecule has 0 amide bonds. The van der Waals surface area contributed by atoms with Crippen molar-refractivity contribution in [1.29, 1.82) is 0 Å². The van der Waals surface area contributed by atoms with E-state index in [2.05, 4.69) is 10.3 Å². The number of anilines is 1. The number of aryl methyl sites for hydroxylation is 1. The van der Waals surface area contributed by atoms with Crippen molar-refractivity contribution < 1.29 is 5.11 Å². The summed E-state index contributed by atoms with van der Waals surface area (Å²) in [5.41, 5.74) is -1.02. The summed E-state index contributed by atoms with van der Waals surface area (Å²) in [5.74, 6) is 0.678. The molecule has 1 aromatic rings. The molecule has 17 heavy (non-hydrogen) atoms. The molecule has 1 heterocycles. The van der Waals surface area contributed by atoms with Crippen molar-refractivity contribution in [1.82, 2.24) is 9.55 Å². The fourth-order valence-corrected chi connectivity index (χ4v) is 1.84. The van der Waals surface area contributed by atoms with E-state index in [1.165, 1.54) is 4.57 Å². The molecule has 0 aliphatic carbocycles. The quantitative estimate of drug-likeness (QED) is 0.804. The highest BCUT2D eigenvalue weighted by Crippen LogP contribution is 2.16. The van der Waals surface area contributed by atoms with Gasteiger partial charge in [-0.1, -0.05) is 13.8 Å². The molecule has 0 aliphatic heterocycles. The molecule has 96 valence electrons. The summed E-state index contributed by atoms with van der Waals surface area (Å²) >= 11 is 0. The normalized spacial score (nSPS) is 14.7. The second-order valence-corrected chi connectivity index (χ2v) is 5.14. The van der Waals surface area contributed by atoms with Crippen LogP contribution in [0.5, 0.6) is 0 Å². The molecule has 0 aliphatic rings. The van der Waals surface area contributed by atoms with Crippen LogP contribution in [0.25, 0.3) is 0 Å². The fourth-order valence-electron chi connectivity index (χ4n) is 1.84. The number of nitrogens with one attached hydrogen (secondary N) is 1. The van der Waals surface area contributed by atoms with Crippen molar-refractivity contribution in [3.63, 3.8) is 0 Å². The summed E-state index contributed by atoms with van der Waals surface area (Å²) in [6.45, 7) is 6.17. The molecule has 1 aromatic heterocycles. The lowest BCUT2D eigenvalue weighted by atomic mass is 9.94. The first-order chi connectivity index (χ1) is 7.82. The van der Waals surface area contributed by atoms with E-state index in [-0.39, 0.29) is 11.4 Å². The first-order valence-electron chi connectivity index (χ1n) is 5.80. The third-order valence-electron chi connectivity index (χ3n) is 2.50. The maximum atomic E-state index is 11.7. The molecule has 0 spiro atoms. The molecule has 0 bridgehead atoms. The van der Waals surface area contributed by atoms with Gasteiger partial charge in [-0.15, -0.1) is 0 Å². The van der Waals surface area contributed by atoms with Gasteiger partial charge >= 0.3 is 0 Å². The Bertz CT molecular complexity index is 424. The minimum atomic E-state index is -0.837. The molecule has 0 fully saturated rings. The van der Waals surface area contributed by atoms with Gasteiger partial charge in [0.1, 0.15) is 0 Å². The first kappa shape index (κ1) is 13.7. The van der Waals surface area contributed by atoms with Gasteiger partial charge < -0.3 is 15.0 Å². The third kappa shape index (κ3) is 4.19. The molecule has 0 saturated carbocycles. The van der Waals surface area contributed by atoms with Gasteiger partial charge in [0.15, 0.2) is 5.82 Å². The van der Waals surface area contributed by atoms with Gasteiger partial charge in [0.05, 0.1) is 5.60 Å². The Labute approximate surface area is 102 Å². The number of aromatic nitrogens is 2. The molecule has 5 heteroatoms. The van der Waals surface area contributed by atoms with Crippen molar-refractivity contribution in [3.05, 3.63) is 22.7 Å². The standard InChI is InChI=1S/C12H21N3O2/c1-9(2)7-12(3,17)8-14-10-11(16)15(4)6-5-13-10/h5-6,9,17H,7-8H2,1-4H3,(H,13,14). The fraction of sp³-hybridized carbons (Fsp3) is 0.667. The van der Waals surface area contributed by atoms with Gasteiger partial charge in [0, 0.05) is 26.0 Å². The van der Waals surface area contributed by atoms with E-state index in [0.29, 0.717) is 18.9 Å². The van der Waals surface area contributed by atoms with Crippen LogP contribution in [0.1, 0.15) is 27.2 Å². The van der Waals surface area contributed by atoms with Gasteiger partial charge in [-0.2, -0.15) is 0 Å². The van der Waals surface area contributed by atoms with E-state index in [4.69, 9.17) is 0 Å². The van der Waals surface area contributed by atoms with Gasteiger partial charge in [0.25, 0.3) is 5.56 Å². The summed E-state index contributed by atoms with van der Waals surface area (Å²) in [7, 11) is 1.67. The molecular formula is C12H21N3O2. The SMILES string of the molecule is CC(C)CC(C)(O)CNc1nccn(C)c1=O. The Hall–Kier alpha value is -1.36. The maximum absolute atomic E-state index is 11.7. The Morgan fingerprint density at radius 3 is 2.82 bits per heavy atom. The summed E-state index contributed by atoms with van der Waals surface area (Å²) in [6, 6.07) is 0. The molecule has 0 aromatic carbocycles. The third-order valence-corrected chi connectivity index (χ3v) is 2.50. The lowest BCUT2D eigenvalue weighted by Gasteiger charge is -2.25. The summed E-state index contributed by atoms with van der Waals surface area (Å²) in [4.78, 5) is 15.6.